The lowest BCUT2D eigenvalue weighted by molar-refractivity contribution is 0.127. The molecule has 0 radical (unpaired) electrons. The number of rotatable bonds is 6. The summed E-state index contributed by atoms with van der Waals surface area (Å²) in [6, 6.07) is 8.48. The Labute approximate surface area is 131 Å². The van der Waals surface area contributed by atoms with E-state index < -0.39 is 0 Å². The Bertz CT molecular complexity index is 562. The Kier molecular flexibility index (Phi) is 5.08. The number of aliphatic hydroxyl groups is 1. The normalized spacial score (nSPS) is 16.8. The average molecular weight is 300 g/mol. The van der Waals surface area contributed by atoms with Crippen molar-refractivity contribution in [3.8, 4) is 0 Å². The molecule has 1 saturated heterocycles. The van der Waals surface area contributed by atoms with E-state index in [9.17, 15) is 5.11 Å². The smallest absolute Gasteiger partial charge is 0.0922 e. The monoisotopic (exact) mass is 300 g/mol. The van der Waals surface area contributed by atoms with Crippen molar-refractivity contribution < 1.29 is 5.11 Å². The lowest BCUT2D eigenvalue weighted by Crippen LogP contribution is -2.34. The number of anilines is 1. The second kappa shape index (κ2) is 7.42. The molecule has 0 unspecified atom stereocenters. The van der Waals surface area contributed by atoms with Crippen molar-refractivity contribution in [1.29, 1.82) is 0 Å². The summed E-state index contributed by atoms with van der Waals surface area (Å²) in [5.41, 5.74) is 3.59. The molecular formula is C17H24N4O. The third-order valence-electron chi connectivity index (χ3n) is 4.40. The number of imidazole rings is 1. The number of H-pyrrole nitrogens is 1. The molecule has 1 aliphatic heterocycles. The molecule has 1 aliphatic rings. The molecule has 1 aromatic heterocycles. The second-order valence-electron chi connectivity index (χ2n) is 5.99. The first-order valence-corrected chi connectivity index (χ1v) is 7.97. The highest BCUT2D eigenvalue weighted by Gasteiger charge is 2.19. The molecule has 2 aromatic rings. The van der Waals surface area contributed by atoms with Crippen molar-refractivity contribution in [2.75, 3.05) is 25.0 Å². The standard InChI is InChI=1S/C17H24N4O/c22-12-14-5-7-21(8-6-14)11-15-3-1-2-4-17(15)19-10-16-9-18-13-20-16/h1-4,9,13-14,19,22H,5-8,10-12H2,(H,18,20). The minimum atomic E-state index is 0.330. The lowest BCUT2D eigenvalue weighted by atomic mass is 9.97. The molecular weight excluding hydrogens is 276 g/mol. The van der Waals surface area contributed by atoms with E-state index in [4.69, 9.17) is 0 Å². The van der Waals surface area contributed by atoms with Crippen LogP contribution in [0.25, 0.3) is 0 Å². The largest absolute Gasteiger partial charge is 0.396 e. The first-order chi connectivity index (χ1) is 10.8. The van der Waals surface area contributed by atoms with Crippen molar-refractivity contribution in [2.45, 2.75) is 25.9 Å². The zero-order valence-electron chi connectivity index (χ0n) is 12.8. The zero-order chi connectivity index (χ0) is 15.2. The van der Waals surface area contributed by atoms with Crippen molar-refractivity contribution in [3.05, 3.63) is 48.0 Å². The first-order valence-electron chi connectivity index (χ1n) is 7.97. The molecule has 1 fully saturated rings. The van der Waals surface area contributed by atoms with Gasteiger partial charge in [0, 0.05) is 25.0 Å². The van der Waals surface area contributed by atoms with Crippen LogP contribution in [0.3, 0.4) is 0 Å². The highest BCUT2D eigenvalue weighted by atomic mass is 16.3. The number of aliphatic hydroxyl groups excluding tert-OH is 1. The van der Waals surface area contributed by atoms with Crippen molar-refractivity contribution in [3.63, 3.8) is 0 Å². The minimum Gasteiger partial charge on any atom is -0.396 e. The molecule has 0 amide bonds. The van der Waals surface area contributed by atoms with E-state index in [-0.39, 0.29) is 0 Å². The Morgan fingerprint density at radius 3 is 2.82 bits per heavy atom. The number of nitrogens with zero attached hydrogens (tertiary/aromatic N) is 2. The SMILES string of the molecule is OCC1CCN(Cc2ccccc2NCc2cnc[nH]2)CC1. The van der Waals surface area contributed by atoms with E-state index in [1.54, 1.807) is 6.33 Å². The lowest BCUT2D eigenvalue weighted by Gasteiger charge is -2.31. The van der Waals surface area contributed by atoms with Gasteiger partial charge in [0.05, 0.1) is 18.6 Å². The number of piperidine rings is 1. The van der Waals surface area contributed by atoms with Crippen LogP contribution in [-0.4, -0.2) is 39.7 Å². The molecule has 2 heterocycles. The molecule has 0 bridgehead atoms. The molecule has 0 aliphatic carbocycles. The summed E-state index contributed by atoms with van der Waals surface area (Å²) in [7, 11) is 0. The summed E-state index contributed by atoms with van der Waals surface area (Å²) < 4.78 is 0. The summed E-state index contributed by atoms with van der Waals surface area (Å²) in [6.45, 7) is 4.18. The van der Waals surface area contributed by atoms with Gasteiger partial charge < -0.3 is 15.4 Å². The number of aromatic nitrogens is 2. The number of benzene rings is 1. The fourth-order valence-electron chi connectivity index (χ4n) is 2.97. The number of para-hydroxylation sites is 1. The van der Waals surface area contributed by atoms with Gasteiger partial charge in [0.15, 0.2) is 0 Å². The topological polar surface area (TPSA) is 64.2 Å². The Morgan fingerprint density at radius 1 is 1.27 bits per heavy atom. The Hall–Kier alpha value is -1.85. The first kappa shape index (κ1) is 15.1. The van der Waals surface area contributed by atoms with E-state index in [1.165, 1.54) is 11.3 Å². The van der Waals surface area contributed by atoms with Crippen LogP contribution < -0.4 is 5.32 Å². The summed E-state index contributed by atoms with van der Waals surface area (Å²) >= 11 is 0. The van der Waals surface area contributed by atoms with E-state index in [1.807, 2.05) is 6.20 Å². The number of hydrogen-bond donors (Lipinski definition) is 3. The van der Waals surface area contributed by atoms with E-state index in [0.29, 0.717) is 12.5 Å². The van der Waals surface area contributed by atoms with Gasteiger partial charge in [-0.1, -0.05) is 18.2 Å². The summed E-state index contributed by atoms with van der Waals surface area (Å²) in [6.07, 6.45) is 5.74. The van der Waals surface area contributed by atoms with Crippen molar-refractivity contribution in [1.82, 2.24) is 14.9 Å². The van der Waals surface area contributed by atoms with Crippen LogP contribution in [0, 0.1) is 5.92 Å². The summed E-state index contributed by atoms with van der Waals surface area (Å²) in [4.78, 5) is 9.63. The molecule has 3 rings (SSSR count). The molecule has 5 heteroatoms. The third kappa shape index (κ3) is 3.87. The van der Waals surface area contributed by atoms with Gasteiger partial charge >= 0.3 is 0 Å². The molecule has 0 atom stereocenters. The Morgan fingerprint density at radius 2 is 2.09 bits per heavy atom. The summed E-state index contributed by atoms with van der Waals surface area (Å²) in [5, 5.41) is 12.7. The molecule has 0 spiro atoms. The Balaban J connectivity index is 1.59. The predicted molar refractivity (Wildman–Crippen MR) is 87.4 cm³/mol. The van der Waals surface area contributed by atoms with Crippen LogP contribution >= 0.6 is 0 Å². The van der Waals surface area contributed by atoms with Gasteiger partial charge in [-0.15, -0.1) is 0 Å². The molecule has 5 nitrogen and oxygen atoms in total. The minimum absolute atomic E-state index is 0.330. The fourth-order valence-corrected chi connectivity index (χ4v) is 2.97. The van der Waals surface area contributed by atoms with Gasteiger partial charge in [-0.05, 0) is 43.5 Å². The van der Waals surface area contributed by atoms with Crippen LogP contribution in [0.2, 0.25) is 0 Å². The van der Waals surface area contributed by atoms with Gasteiger partial charge in [-0.25, -0.2) is 4.98 Å². The van der Waals surface area contributed by atoms with Crippen LogP contribution in [0.15, 0.2) is 36.8 Å². The maximum absolute atomic E-state index is 9.23. The predicted octanol–water partition coefficient (Wildman–Crippen LogP) is 2.23. The number of nitrogens with one attached hydrogen (secondary N) is 2. The highest BCUT2D eigenvalue weighted by Crippen LogP contribution is 2.22. The van der Waals surface area contributed by atoms with Gasteiger partial charge in [0.25, 0.3) is 0 Å². The van der Waals surface area contributed by atoms with Crippen molar-refractivity contribution in [2.24, 2.45) is 5.92 Å². The van der Waals surface area contributed by atoms with E-state index >= 15 is 0 Å². The number of likely N-dealkylation sites (tertiary alicyclic amines) is 1. The zero-order valence-corrected chi connectivity index (χ0v) is 12.8. The van der Waals surface area contributed by atoms with Gasteiger partial charge in [0.1, 0.15) is 0 Å². The van der Waals surface area contributed by atoms with Crippen LogP contribution in [0.4, 0.5) is 5.69 Å². The fraction of sp³-hybridized carbons (Fsp3) is 0.471. The number of aromatic amines is 1. The van der Waals surface area contributed by atoms with Gasteiger partial charge in [-0.3, -0.25) is 4.90 Å². The second-order valence-corrected chi connectivity index (χ2v) is 5.99. The molecule has 0 saturated carbocycles. The van der Waals surface area contributed by atoms with Crippen LogP contribution in [-0.2, 0) is 13.1 Å². The van der Waals surface area contributed by atoms with E-state index in [0.717, 1.165) is 44.7 Å². The third-order valence-corrected chi connectivity index (χ3v) is 4.40. The van der Waals surface area contributed by atoms with Crippen LogP contribution in [0.1, 0.15) is 24.1 Å². The highest BCUT2D eigenvalue weighted by molar-refractivity contribution is 5.51. The van der Waals surface area contributed by atoms with E-state index in [2.05, 4.69) is 44.5 Å². The van der Waals surface area contributed by atoms with Crippen molar-refractivity contribution >= 4 is 5.69 Å². The molecule has 1 aromatic carbocycles. The maximum atomic E-state index is 9.23. The molecule has 22 heavy (non-hydrogen) atoms. The van der Waals surface area contributed by atoms with Crippen LogP contribution in [0.5, 0.6) is 0 Å². The average Bonchev–Trinajstić information content (AvgIpc) is 3.08. The van der Waals surface area contributed by atoms with Gasteiger partial charge in [-0.2, -0.15) is 0 Å². The molecule has 118 valence electrons. The number of hydrogen-bond acceptors (Lipinski definition) is 4. The van der Waals surface area contributed by atoms with Gasteiger partial charge in [0.2, 0.25) is 0 Å². The quantitative estimate of drug-likeness (QED) is 0.765. The maximum Gasteiger partial charge on any atom is 0.0922 e. The molecule has 3 N–H and O–H groups in total. The summed E-state index contributed by atoms with van der Waals surface area (Å²) in [5.74, 6) is 0.491.